The molecular formula is C19H25N3O3. The topological polar surface area (TPSA) is 70.7 Å². The fraction of sp³-hybridized carbons (Fsp3) is 0.579. The Kier molecular flexibility index (Phi) is 4.72. The number of fused-ring (bicyclic) bond motifs is 2. The van der Waals surface area contributed by atoms with E-state index in [0.717, 1.165) is 45.2 Å². The summed E-state index contributed by atoms with van der Waals surface area (Å²) in [6.45, 7) is 2.49. The molecule has 0 radical (unpaired) electrons. The molecule has 3 unspecified atom stereocenters. The highest BCUT2D eigenvalue weighted by molar-refractivity contribution is 5.98. The van der Waals surface area contributed by atoms with Crippen molar-refractivity contribution < 1.29 is 14.3 Å². The zero-order chi connectivity index (χ0) is 17.2. The van der Waals surface area contributed by atoms with Crippen LogP contribution in [0.3, 0.4) is 0 Å². The Hall–Kier alpha value is -1.92. The van der Waals surface area contributed by atoms with Gasteiger partial charge in [-0.15, -0.1) is 0 Å². The summed E-state index contributed by atoms with van der Waals surface area (Å²) in [4.78, 5) is 27.3. The lowest BCUT2D eigenvalue weighted by molar-refractivity contribution is -0.124. The summed E-state index contributed by atoms with van der Waals surface area (Å²) in [6.07, 6.45) is 4.48. The number of hydrogen-bond acceptors (Lipinski definition) is 4. The van der Waals surface area contributed by atoms with Crippen LogP contribution in [0.5, 0.6) is 0 Å². The molecule has 3 heterocycles. The van der Waals surface area contributed by atoms with Crippen molar-refractivity contribution in [1.82, 2.24) is 10.2 Å². The van der Waals surface area contributed by atoms with E-state index in [1.54, 1.807) is 6.07 Å². The standard InChI is InChI=1S/C19H25N3O3/c23-18(17-5-2-10-25-17)21-14-4-1-3-13(11-14)19(24)22-15-6-7-16(22)12-20-9-8-15/h1,3-4,11,15-17,20H,2,5-10,12H2,(H,21,23). The van der Waals surface area contributed by atoms with Gasteiger partial charge in [-0.2, -0.15) is 0 Å². The molecule has 2 bridgehead atoms. The Labute approximate surface area is 147 Å². The average Bonchev–Trinajstić information content (AvgIpc) is 3.22. The molecular weight excluding hydrogens is 318 g/mol. The van der Waals surface area contributed by atoms with E-state index in [2.05, 4.69) is 15.5 Å². The summed E-state index contributed by atoms with van der Waals surface area (Å²) >= 11 is 0. The van der Waals surface area contributed by atoms with Crippen molar-refractivity contribution in [1.29, 1.82) is 0 Å². The van der Waals surface area contributed by atoms with Crippen LogP contribution in [0.4, 0.5) is 5.69 Å². The molecule has 6 heteroatoms. The van der Waals surface area contributed by atoms with Gasteiger partial charge in [0.15, 0.2) is 0 Å². The number of carbonyl (C=O) groups excluding carboxylic acids is 2. The van der Waals surface area contributed by atoms with Crippen molar-refractivity contribution in [3.63, 3.8) is 0 Å². The van der Waals surface area contributed by atoms with Gasteiger partial charge in [0, 0.05) is 36.5 Å². The first-order chi connectivity index (χ1) is 12.2. The second kappa shape index (κ2) is 7.14. The predicted molar refractivity (Wildman–Crippen MR) is 94.5 cm³/mol. The molecule has 0 aliphatic carbocycles. The van der Waals surface area contributed by atoms with E-state index in [1.165, 1.54) is 0 Å². The number of nitrogens with zero attached hydrogens (tertiary/aromatic N) is 1. The molecule has 0 aromatic heterocycles. The number of rotatable bonds is 3. The SMILES string of the molecule is O=C(Nc1cccc(C(=O)N2C3CCNCC2CC3)c1)C1CCCO1. The van der Waals surface area contributed by atoms with E-state index in [-0.39, 0.29) is 24.0 Å². The van der Waals surface area contributed by atoms with E-state index in [9.17, 15) is 9.59 Å². The number of hydrogen-bond donors (Lipinski definition) is 2. The van der Waals surface area contributed by atoms with Crippen molar-refractivity contribution in [3.05, 3.63) is 29.8 Å². The molecule has 1 aromatic carbocycles. The summed E-state index contributed by atoms with van der Waals surface area (Å²) < 4.78 is 5.42. The first-order valence-corrected chi connectivity index (χ1v) is 9.28. The highest BCUT2D eigenvalue weighted by Crippen LogP contribution is 2.30. The van der Waals surface area contributed by atoms with Gasteiger partial charge in [0.1, 0.15) is 6.10 Å². The lowest BCUT2D eigenvalue weighted by Gasteiger charge is -2.28. The number of amides is 2. The molecule has 1 aromatic rings. The van der Waals surface area contributed by atoms with E-state index in [0.29, 0.717) is 23.9 Å². The van der Waals surface area contributed by atoms with Crippen LogP contribution < -0.4 is 10.6 Å². The molecule has 0 saturated carbocycles. The van der Waals surface area contributed by atoms with Gasteiger partial charge in [0.2, 0.25) is 0 Å². The van der Waals surface area contributed by atoms with Gasteiger partial charge >= 0.3 is 0 Å². The van der Waals surface area contributed by atoms with Crippen LogP contribution in [0.2, 0.25) is 0 Å². The maximum absolute atomic E-state index is 13.1. The normalized spacial score (nSPS) is 28.6. The quantitative estimate of drug-likeness (QED) is 0.877. The summed E-state index contributed by atoms with van der Waals surface area (Å²) in [7, 11) is 0. The largest absolute Gasteiger partial charge is 0.368 e. The maximum atomic E-state index is 13.1. The van der Waals surface area contributed by atoms with Crippen LogP contribution in [0.1, 0.15) is 42.5 Å². The predicted octanol–water partition coefficient (Wildman–Crippen LogP) is 1.77. The second-order valence-electron chi connectivity index (χ2n) is 7.16. The smallest absolute Gasteiger partial charge is 0.254 e. The minimum absolute atomic E-state index is 0.0735. The number of anilines is 1. The third-order valence-corrected chi connectivity index (χ3v) is 5.49. The molecule has 3 aliphatic heterocycles. The number of nitrogens with one attached hydrogen (secondary N) is 2. The van der Waals surface area contributed by atoms with Gasteiger partial charge in [-0.25, -0.2) is 0 Å². The Morgan fingerprint density at radius 1 is 1.16 bits per heavy atom. The molecule has 134 valence electrons. The van der Waals surface area contributed by atoms with Crippen LogP contribution in [0.25, 0.3) is 0 Å². The third kappa shape index (κ3) is 3.41. The molecule has 0 spiro atoms. The monoisotopic (exact) mass is 343 g/mol. The Bertz CT molecular complexity index is 643. The van der Waals surface area contributed by atoms with Crippen molar-refractivity contribution in [3.8, 4) is 0 Å². The molecule has 2 amide bonds. The van der Waals surface area contributed by atoms with Crippen LogP contribution in [-0.2, 0) is 9.53 Å². The van der Waals surface area contributed by atoms with E-state index in [4.69, 9.17) is 4.74 Å². The van der Waals surface area contributed by atoms with Gasteiger partial charge < -0.3 is 20.3 Å². The first kappa shape index (κ1) is 16.5. The summed E-state index contributed by atoms with van der Waals surface area (Å²) in [5, 5.41) is 6.30. The van der Waals surface area contributed by atoms with E-state index >= 15 is 0 Å². The van der Waals surface area contributed by atoms with Crippen molar-refractivity contribution in [2.24, 2.45) is 0 Å². The van der Waals surface area contributed by atoms with Crippen LogP contribution in [0, 0.1) is 0 Å². The van der Waals surface area contributed by atoms with E-state index in [1.807, 2.05) is 18.2 Å². The van der Waals surface area contributed by atoms with Crippen LogP contribution >= 0.6 is 0 Å². The average molecular weight is 343 g/mol. The Morgan fingerprint density at radius 3 is 2.88 bits per heavy atom. The molecule has 3 saturated heterocycles. The van der Waals surface area contributed by atoms with E-state index < -0.39 is 0 Å². The number of benzene rings is 1. The summed E-state index contributed by atoms with van der Waals surface area (Å²) in [6, 6.07) is 7.88. The minimum atomic E-state index is -0.369. The fourth-order valence-corrected chi connectivity index (χ4v) is 4.20. The fourth-order valence-electron chi connectivity index (χ4n) is 4.20. The van der Waals surface area contributed by atoms with Crippen molar-refractivity contribution >= 4 is 17.5 Å². The number of ether oxygens (including phenoxy) is 1. The van der Waals surface area contributed by atoms with Crippen LogP contribution in [-0.4, -0.2) is 54.6 Å². The lowest BCUT2D eigenvalue weighted by Crippen LogP contribution is -2.42. The Morgan fingerprint density at radius 2 is 2.04 bits per heavy atom. The third-order valence-electron chi connectivity index (χ3n) is 5.49. The molecule has 3 atom stereocenters. The zero-order valence-corrected chi connectivity index (χ0v) is 14.4. The minimum Gasteiger partial charge on any atom is -0.368 e. The first-order valence-electron chi connectivity index (χ1n) is 9.28. The van der Waals surface area contributed by atoms with Crippen LogP contribution in [0.15, 0.2) is 24.3 Å². The highest BCUT2D eigenvalue weighted by atomic mass is 16.5. The van der Waals surface area contributed by atoms with Gasteiger partial charge in [0.05, 0.1) is 0 Å². The van der Waals surface area contributed by atoms with Crippen molar-refractivity contribution in [2.45, 2.75) is 50.3 Å². The summed E-state index contributed by atoms with van der Waals surface area (Å²) in [5.74, 6) is -0.0504. The van der Waals surface area contributed by atoms with Crippen molar-refractivity contribution in [2.75, 3.05) is 25.0 Å². The molecule has 3 fully saturated rings. The number of carbonyl (C=O) groups is 2. The highest BCUT2D eigenvalue weighted by Gasteiger charge is 2.38. The molecule has 6 nitrogen and oxygen atoms in total. The maximum Gasteiger partial charge on any atom is 0.254 e. The van der Waals surface area contributed by atoms with Gasteiger partial charge in [-0.05, 0) is 56.8 Å². The Balaban J connectivity index is 1.48. The van der Waals surface area contributed by atoms with Gasteiger partial charge in [0.25, 0.3) is 11.8 Å². The molecule has 3 aliphatic rings. The molecule has 25 heavy (non-hydrogen) atoms. The molecule has 4 rings (SSSR count). The van der Waals surface area contributed by atoms with Gasteiger partial charge in [-0.3, -0.25) is 9.59 Å². The van der Waals surface area contributed by atoms with Gasteiger partial charge in [-0.1, -0.05) is 6.07 Å². The summed E-state index contributed by atoms with van der Waals surface area (Å²) in [5.41, 5.74) is 1.30. The second-order valence-corrected chi connectivity index (χ2v) is 7.16. The molecule has 2 N–H and O–H groups in total. The lowest BCUT2D eigenvalue weighted by atomic mass is 10.1. The zero-order valence-electron chi connectivity index (χ0n) is 14.4.